The van der Waals surface area contributed by atoms with E-state index < -0.39 is 11.5 Å². The van der Waals surface area contributed by atoms with Crippen LogP contribution < -0.4 is 5.73 Å². The number of hydrogen-bond acceptors (Lipinski definition) is 2. The topological polar surface area (TPSA) is 63.3 Å². The minimum atomic E-state index is -0.747. The molecule has 0 fully saturated rings. The van der Waals surface area contributed by atoms with Gasteiger partial charge in [-0.3, -0.25) is 4.79 Å². The highest BCUT2D eigenvalue weighted by molar-refractivity contribution is 5.70. The number of aliphatic carboxylic acids is 1. The molecule has 1 unspecified atom stereocenters. The largest absolute Gasteiger partial charge is 0.481 e. The molecule has 0 aliphatic carbocycles. The van der Waals surface area contributed by atoms with Gasteiger partial charge in [0.1, 0.15) is 0 Å². The Balaban J connectivity index is 4.25. The predicted octanol–water partition coefficient (Wildman–Crippen LogP) is 1.47. The van der Waals surface area contributed by atoms with Crippen molar-refractivity contribution in [2.75, 3.05) is 0 Å². The molecule has 0 aliphatic rings. The van der Waals surface area contributed by atoms with Gasteiger partial charge in [-0.25, -0.2) is 0 Å². The van der Waals surface area contributed by atoms with Crippen LogP contribution in [0.15, 0.2) is 0 Å². The van der Waals surface area contributed by atoms with Crippen LogP contribution in [0.1, 0.15) is 34.1 Å². The van der Waals surface area contributed by atoms with Crippen molar-refractivity contribution < 1.29 is 9.90 Å². The van der Waals surface area contributed by atoms with Gasteiger partial charge in [-0.1, -0.05) is 13.8 Å². The van der Waals surface area contributed by atoms with Crippen LogP contribution in [0, 0.1) is 11.8 Å². The minimum absolute atomic E-state index is 0.144. The number of carboxylic acid groups (broad SMARTS) is 1. The number of carbonyl (C=O) groups is 1. The van der Waals surface area contributed by atoms with Crippen molar-refractivity contribution in [1.29, 1.82) is 0 Å². The van der Waals surface area contributed by atoms with Crippen LogP contribution in [0.3, 0.4) is 0 Å². The Morgan fingerprint density at radius 3 is 2.00 bits per heavy atom. The van der Waals surface area contributed by atoms with E-state index in [1.807, 2.05) is 27.7 Å². The van der Waals surface area contributed by atoms with Crippen molar-refractivity contribution in [3.63, 3.8) is 0 Å². The first-order valence-corrected chi connectivity index (χ1v) is 4.25. The molecule has 0 amide bonds. The lowest BCUT2D eigenvalue weighted by molar-refractivity contribution is -0.144. The van der Waals surface area contributed by atoms with E-state index in [1.165, 1.54) is 0 Å². The summed E-state index contributed by atoms with van der Waals surface area (Å²) in [7, 11) is 0. The van der Waals surface area contributed by atoms with E-state index in [-0.39, 0.29) is 11.8 Å². The van der Waals surface area contributed by atoms with Crippen molar-refractivity contribution in [1.82, 2.24) is 0 Å². The van der Waals surface area contributed by atoms with E-state index in [0.717, 1.165) is 0 Å². The summed E-state index contributed by atoms with van der Waals surface area (Å²) in [5.74, 6) is -0.932. The molecule has 0 saturated carbocycles. The lowest BCUT2D eigenvalue weighted by Crippen LogP contribution is -2.38. The fraction of sp³-hybridized carbons (Fsp3) is 0.889. The average molecular weight is 173 g/mol. The molecule has 0 aromatic rings. The smallest absolute Gasteiger partial charge is 0.306 e. The van der Waals surface area contributed by atoms with Gasteiger partial charge in [0.2, 0.25) is 0 Å². The summed E-state index contributed by atoms with van der Waals surface area (Å²) >= 11 is 0. The highest BCUT2D eigenvalue weighted by Gasteiger charge is 2.27. The zero-order valence-electron chi connectivity index (χ0n) is 8.29. The zero-order valence-corrected chi connectivity index (χ0v) is 8.29. The molecule has 1 atom stereocenters. The molecule has 0 aliphatic heterocycles. The van der Waals surface area contributed by atoms with Gasteiger partial charge in [-0.05, 0) is 26.2 Å². The average Bonchev–Trinajstić information content (AvgIpc) is 1.79. The molecular weight excluding hydrogens is 154 g/mol. The Morgan fingerprint density at radius 1 is 1.50 bits per heavy atom. The molecule has 0 spiro atoms. The number of nitrogens with two attached hydrogens (primary N) is 1. The monoisotopic (exact) mass is 173 g/mol. The summed E-state index contributed by atoms with van der Waals surface area (Å²) in [6.07, 6.45) is 0.528. The van der Waals surface area contributed by atoms with Gasteiger partial charge in [-0.2, -0.15) is 0 Å². The quantitative estimate of drug-likeness (QED) is 0.676. The van der Waals surface area contributed by atoms with Crippen LogP contribution in [0.25, 0.3) is 0 Å². The second kappa shape index (κ2) is 3.90. The maximum Gasteiger partial charge on any atom is 0.306 e. The molecule has 0 aromatic heterocycles. The molecule has 3 nitrogen and oxygen atoms in total. The van der Waals surface area contributed by atoms with Gasteiger partial charge in [0.25, 0.3) is 0 Å². The van der Waals surface area contributed by atoms with Gasteiger partial charge in [0.05, 0.1) is 5.92 Å². The first kappa shape index (κ1) is 11.4. The van der Waals surface area contributed by atoms with E-state index in [2.05, 4.69) is 0 Å². The van der Waals surface area contributed by atoms with Crippen molar-refractivity contribution in [3.05, 3.63) is 0 Å². The fourth-order valence-corrected chi connectivity index (χ4v) is 1.17. The van der Waals surface area contributed by atoms with Crippen molar-refractivity contribution in [2.45, 2.75) is 39.7 Å². The third-order valence-corrected chi connectivity index (χ3v) is 1.87. The van der Waals surface area contributed by atoms with E-state index in [9.17, 15) is 4.79 Å². The van der Waals surface area contributed by atoms with Crippen LogP contribution in [0.5, 0.6) is 0 Å². The van der Waals surface area contributed by atoms with Crippen LogP contribution in [-0.2, 0) is 4.79 Å². The fourth-order valence-electron chi connectivity index (χ4n) is 1.17. The summed E-state index contributed by atoms with van der Waals surface area (Å²) < 4.78 is 0. The van der Waals surface area contributed by atoms with Crippen LogP contribution in [-0.4, -0.2) is 16.6 Å². The normalized spacial score (nSPS) is 14.8. The molecular formula is C9H19NO2. The number of hydrogen-bond donors (Lipinski definition) is 2. The molecule has 0 aromatic carbocycles. The van der Waals surface area contributed by atoms with Gasteiger partial charge in [0, 0.05) is 5.54 Å². The maximum atomic E-state index is 10.8. The molecule has 3 N–H and O–H groups in total. The van der Waals surface area contributed by atoms with Crippen molar-refractivity contribution in [3.8, 4) is 0 Å². The third kappa shape index (κ3) is 4.34. The van der Waals surface area contributed by atoms with E-state index in [1.54, 1.807) is 0 Å². The highest BCUT2D eigenvalue weighted by Crippen LogP contribution is 2.21. The molecule has 0 heterocycles. The summed E-state index contributed by atoms with van der Waals surface area (Å²) in [6.45, 7) is 7.52. The Hall–Kier alpha value is -0.570. The molecule has 0 bridgehead atoms. The minimum Gasteiger partial charge on any atom is -0.481 e. The third-order valence-electron chi connectivity index (χ3n) is 1.87. The second-order valence-electron chi connectivity index (χ2n) is 4.38. The molecule has 0 rings (SSSR count). The van der Waals surface area contributed by atoms with Crippen LogP contribution >= 0.6 is 0 Å². The Labute approximate surface area is 74.0 Å². The number of carboxylic acids is 1. The Morgan fingerprint density at radius 2 is 1.92 bits per heavy atom. The van der Waals surface area contributed by atoms with Crippen LogP contribution in [0.4, 0.5) is 0 Å². The lowest BCUT2D eigenvalue weighted by Gasteiger charge is -2.25. The summed E-state index contributed by atoms with van der Waals surface area (Å²) in [6, 6.07) is 0. The zero-order chi connectivity index (χ0) is 9.94. The Kier molecular flexibility index (Phi) is 3.71. The maximum absolute atomic E-state index is 10.8. The molecule has 3 heteroatoms. The summed E-state index contributed by atoms with van der Waals surface area (Å²) in [4.78, 5) is 10.8. The number of rotatable bonds is 4. The van der Waals surface area contributed by atoms with E-state index in [4.69, 9.17) is 10.8 Å². The van der Waals surface area contributed by atoms with E-state index >= 15 is 0 Å². The summed E-state index contributed by atoms with van der Waals surface area (Å²) in [5.41, 5.74) is 5.35. The highest BCUT2D eigenvalue weighted by atomic mass is 16.4. The van der Waals surface area contributed by atoms with Crippen molar-refractivity contribution in [2.24, 2.45) is 17.6 Å². The van der Waals surface area contributed by atoms with Gasteiger partial charge >= 0.3 is 5.97 Å². The molecule has 12 heavy (non-hydrogen) atoms. The summed E-state index contributed by atoms with van der Waals surface area (Å²) in [5, 5.41) is 8.85. The second-order valence-corrected chi connectivity index (χ2v) is 4.38. The SMILES string of the molecule is CC(C)C(CC(C)(C)N)C(=O)O. The van der Waals surface area contributed by atoms with Gasteiger partial charge in [-0.15, -0.1) is 0 Å². The Bertz CT molecular complexity index is 158. The first-order valence-electron chi connectivity index (χ1n) is 4.25. The van der Waals surface area contributed by atoms with Gasteiger partial charge in [0.15, 0.2) is 0 Å². The van der Waals surface area contributed by atoms with Crippen molar-refractivity contribution >= 4 is 5.97 Å². The van der Waals surface area contributed by atoms with Gasteiger partial charge < -0.3 is 10.8 Å². The standard InChI is InChI=1S/C9H19NO2/c1-6(2)7(8(11)12)5-9(3,4)10/h6-7H,5,10H2,1-4H3,(H,11,12). The first-order chi connectivity index (χ1) is 5.24. The molecule has 0 radical (unpaired) electrons. The molecule has 72 valence electrons. The van der Waals surface area contributed by atoms with Crippen LogP contribution in [0.2, 0.25) is 0 Å². The lowest BCUT2D eigenvalue weighted by atomic mass is 9.84. The molecule has 0 saturated heterocycles. The van der Waals surface area contributed by atoms with E-state index in [0.29, 0.717) is 6.42 Å². The predicted molar refractivity (Wildman–Crippen MR) is 48.8 cm³/mol.